The molecule has 0 bridgehead atoms. The molecule has 1 saturated heterocycles. The Labute approximate surface area is 182 Å². The van der Waals surface area contributed by atoms with Crippen molar-refractivity contribution in [3.8, 4) is 0 Å². The number of H-pyrrole nitrogens is 1. The topological polar surface area (TPSA) is 90.1 Å². The van der Waals surface area contributed by atoms with E-state index in [0.717, 1.165) is 43.4 Å². The van der Waals surface area contributed by atoms with Crippen LogP contribution < -0.4 is 10.6 Å². The molecule has 1 aliphatic rings. The molecule has 0 radical (unpaired) electrons. The monoisotopic (exact) mass is 419 g/mol. The molecule has 1 aromatic heterocycles. The number of nitrogens with one attached hydrogen (secondary N) is 3. The van der Waals surface area contributed by atoms with Crippen LogP contribution >= 0.6 is 0 Å². The molecule has 0 aliphatic carbocycles. The Morgan fingerprint density at radius 2 is 1.94 bits per heavy atom. The second-order valence-corrected chi connectivity index (χ2v) is 8.25. The third kappa shape index (κ3) is 5.30. The Bertz CT molecular complexity index is 1030. The number of nitrogens with zero attached hydrogens (tertiary/aromatic N) is 2. The Morgan fingerprint density at radius 3 is 2.77 bits per heavy atom. The van der Waals surface area contributed by atoms with E-state index >= 15 is 0 Å². The van der Waals surface area contributed by atoms with Crippen LogP contribution in [0.3, 0.4) is 0 Å². The van der Waals surface area contributed by atoms with E-state index in [1.165, 1.54) is 5.56 Å². The highest BCUT2D eigenvalue weighted by Crippen LogP contribution is 2.17. The van der Waals surface area contributed by atoms with E-state index in [1.54, 1.807) is 6.92 Å². The summed E-state index contributed by atoms with van der Waals surface area (Å²) < 4.78 is 0. The van der Waals surface area contributed by atoms with Crippen LogP contribution in [0.1, 0.15) is 29.4 Å². The zero-order valence-corrected chi connectivity index (χ0v) is 17.8. The molecule has 3 aromatic rings. The van der Waals surface area contributed by atoms with E-state index in [0.29, 0.717) is 18.2 Å². The van der Waals surface area contributed by atoms with Crippen LogP contribution in [0.25, 0.3) is 10.9 Å². The van der Waals surface area contributed by atoms with Crippen molar-refractivity contribution in [3.63, 3.8) is 0 Å². The first-order chi connectivity index (χ1) is 15.1. The van der Waals surface area contributed by atoms with Gasteiger partial charge >= 0.3 is 0 Å². The van der Waals surface area contributed by atoms with Crippen LogP contribution in [0.2, 0.25) is 0 Å². The Kier molecular flexibility index (Phi) is 6.62. The number of aromatic nitrogens is 2. The molecule has 2 heterocycles. The average molecular weight is 420 g/mol. The number of fused-ring (bicyclic) bond motifs is 1. The van der Waals surface area contributed by atoms with Crippen LogP contribution in [0, 0.1) is 5.92 Å². The molecular weight excluding hydrogens is 390 g/mol. The first kappa shape index (κ1) is 21.1. The summed E-state index contributed by atoms with van der Waals surface area (Å²) in [6.07, 6.45) is 2.12. The molecular formula is C24H29N5O2. The lowest BCUT2D eigenvalue weighted by Crippen LogP contribution is -2.46. The van der Waals surface area contributed by atoms with Gasteiger partial charge in [0.05, 0.1) is 5.52 Å². The van der Waals surface area contributed by atoms with Crippen molar-refractivity contribution in [2.75, 3.05) is 26.2 Å². The van der Waals surface area contributed by atoms with Gasteiger partial charge in [-0.2, -0.15) is 5.10 Å². The van der Waals surface area contributed by atoms with Gasteiger partial charge < -0.3 is 15.5 Å². The number of aromatic amines is 1. The van der Waals surface area contributed by atoms with Crippen molar-refractivity contribution in [2.24, 2.45) is 5.92 Å². The maximum Gasteiger partial charge on any atom is 0.273 e. The number of hydrogen-bond donors (Lipinski definition) is 3. The molecule has 7 nitrogen and oxygen atoms in total. The average Bonchev–Trinajstić information content (AvgIpc) is 3.43. The van der Waals surface area contributed by atoms with Crippen LogP contribution in [0.4, 0.5) is 0 Å². The van der Waals surface area contributed by atoms with Gasteiger partial charge in [-0.05, 0) is 43.9 Å². The van der Waals surface area contributed by atoms with Crippen LogP contribution in [-0.4, -0.2) is 59.1 Å². The van der Waals surface area contributed by atoms with Gasteiger partial charge in [0.25, 0.3) is 5.91 Å². The largest absolute Gasteiger partial charge is 0.354 e. The number of amides is 2. The summed E-state index contributed by atoms with van der Waals surface area (Å²) in [7, 11) is 0. The third-order valence-corrected chi connectivity index (χ3v) is 5.92. The standard InChI is InChI=1S/C24H29N5O2/c1-17(26-24(31)22-20-9-5-6-10-21(20)27-28-22)23(30)25-15-19-12-14-29(16-19)13-11-18-7-3-2-4-8-18/h2-10,17,19H,11-16H2,1H3,(H,25,30)(H,26,31)(H,27,28). The first-order valence-corrected chi connectivity index (χ1v) is 10.9. The van der Waals surface area contributed by atoms with Gasteiger partial charge in [0.2, 0.25) is 5.91 Å². The molecule has 3 N–H and O–H groups in total. The summed E-state index contributed by atoms with van der Waals surface area (Å²) in [5.74, 6) is -0.0816. The molecule has 162 valence electrons. The Morgan fingerprint density at radius 1 is 1.16 bits per heavy atom. The van der Waals surface area contributed by atoms with E-state index in [4.69, 9.17) is 0 Å². The van der Waals surface area contributed by atoms with Crippen molar-refractivity contribution >= 4 is 22.7 Å². The molecule has 2 amide bonds. The number of benzene rings is 2. The summed E-state index contributed by atoms with van der Waals surface area (Å²) in [6.45, 7) is 5.42. The molecule has 1 aliphatic heterocycles. The molecule has 31 heavy (non-hydrogen) atoms. The van der Waals surface area contributed by atoms with Crippen LogP contribution in [0.5, 0.6) is 0 Å². The Balaban J connectivity index is 1.20. The number of rotatable bonds is 8. The summed E-state index contributed by atoms with van der Waals surface area (Å²) in [4.78, 5) is 27.5. The lowest BCUT2D eigenvalue weighted by Gasteiger charge is -2.18. The SMILES string of the molecule is CC(NC(=O)c1n[nH]c2ccccc12)C(=O)NCC1CCN(CCc2ccccc2)C1. The quantitative estimate of drug-likeness (QED) is 0.523. The minimum Gasteiger partial charge on any atom is -0.354 e. The minimum absolute atomic E-state index is 0.170. The number of carbonyl (C=O) groups excluding carboxylic acids is 2. The fourth-order valence-corrected chi connectivity index (χ4v) is 4.08. The second-order valence-electron chi connectivity index (χ2n) is 8.25. The van der Waals surface area contributed by atoms with E-state index in [-0.39, 0.29) is 11.8 Å². The van der Waals surface area contributed by atoms with Gasteiger partial charge in [-0.15, -0.1) is 0 Å². The van der Waals surface area contributed by atoms with Gasteiger partial charge in [0.15, 0.2) is 5.69 Å². The Hall–Kier alpha value is -3.19. The summed E-state index contributed by atoms with van der Waals surface area (Å²) in [5.41, 5.74) is 2.46. The maximum absolute atomic E-state index is 12.5. The van der Waals surface area contributed by atoms with Crippen molar-refractivity contribution in [2.45, 2.75) is 25.8 Å². The molecule has 0 spiro atoms. The highest BCUT2D eigenvalue weighted by molar-refractivity contribution is 6.05. The maximum atomic E-state index is 12.5. The van der Waals surface area contributed by atoms with Gasteiger partial charge in [-0.1, -0.05) is 48.5 Å². The summed E-state index contributed by atoms with van der Waals surface area (Å²) in [5, 5.41) is 13.4. The highest BCUT2D eigenvalue weighted by atomic mass is 16.2. The van der Waals surface area contributed by atoms with Crippen molar-refractivity contribution in [1.29, 1.82) is 0 Å². The highest BCUT2D eigenvalue weighted by Gasteiger charge is 2.24. The molecule has 1 fully saturated rings. The van der Waals surface area contributed by atoms with Gasteiger partial charge in [0.1, 0.15) is 6.04 Å². The van der Waals surface area contributed by atoms with Crippen molar-refractivity contribution < 1.29 is 9.59 Å². The zero-order chi connectivity index (χ0) is 21.6. The summed E-state index contributed by atoms with van der Waals surface area (Å²) in [6, 6.07) is 17.3. The molecule has 2 aromatic carbocycles. The van der Waals surface area contributed by atoms with E-state index < -0.39 is 6.04 Å². The van der Waals surface area contributed by atoms with Crippen molar-refractivity contribution in [1.82, 2.24) is 25.7 Å². The van der Waals surface area contributed by atoms with Crippen molar-refractivity contribution in [3.05, 3.63) is 65.9 Å². The zero-order valence-electron chi connectivity index (χ0n) is 17.8. The third-order valence-electron chi connectivity index (χ3n) is 5.92. The lowest BCUT2D eigenvalue weighted by molar-refractivity contribution is -0.122. The fourth-order valence-electron chi connectivity index (χ4n) is 4.08. The van der Waals surface area contributed by atoms with Gasteiger partial charge in [-0.25, -0.2) is 0 Å². The fraction of sp³-hybridized carbons (Fsp3) is 0.375. The molecule has 2 atom stereocenters. The number of hydrogen-bond acceptors (Lipinski definition) is 4. The smallest absolute Gasteiger partial charge is 0.273 e. The normalized spacial score (nSPS) is 17.5. The predicted octanol–water partition coefficient (Wildman–Crippen LogP) is 2.36. The molecule has 2 unspecified atom stereocenters. The van der Waals surface area contributed by atoms with E-state index in [1.807, 2.05) is 30.3 Å². The molecule has 0 saturated carbocycles. The number of carbonyl (C=O) groups is 2. The lowest BCUT2D eigenvalue weighted by atomic mass is 10.1. The molecule has 7 heteroatoms. The number of likely N-dealkylation sites (tertiary alicyclic amines) is 1. The van der Waals surface area contributed by atoms with E-state index in [9.17, 15) is 9.59 Å². The van der Waals surface area contributed by atoms with Gasteiger partial charge in [0, 0.05) is 25.0 Å². The van der Waals surface area contributed by atoms with Gasteiger partial charge in [-0.3, -0.25) is 14.7 Å². The summed E-state index contributed by atoms with van der Waals surface area (Å²) >= 11 is 0. The minimum atomic E-state index is -0.626. The van der Waals surface area contributed by atoms with Crippen LogP contribution in [0.15, 0.2) is 54.6 Å². The first-order valence-electron chi connectivity index (χ1n) is 10.9. The van der Waals surface area contributed by atoms with E-state index in [2.05, 4.69) is 50.0 Å². The second kappa shape index (κ2) is 9.75. The predicted molar refractivity (Wildman–Crippen MR) is 121 cm³/mol. The van der Waals surface area contributed by atoms with Crippen LogP contribution in [-0.2, 0) is 11.2 Å². The number of para-hydroxylation sites is 1. The molecule has 4 rings (SSSR count).